The number of ether oxygens (including phenoxy) is 1. The summed E-state index contributed by atoms with van der Waals surface area (Å²) in [4.78, 5) is 0. The van der Waals surface area contributed by atoms with Crippen molar-refractivity contribution in [1.29, 1.82) is 0 Å². The van der Waals surface area contributed by atoms with Gasteiger partial charge in [-0.15, -0.1) is 0 Å². The van der Waals surface area contributed by atoms with Crippen molar-refractivity contribution in [2.75, 3.05) is 26.7 Å². The summed E-state index contributed by atoms with van der Waals surface area (Å²) in [7, 11) is 1.68. The predicted octanol–water partition coefficient (Wildman–Crippen LogP) is 1.75. The lowest BCUT2D eigenvalue weighted by atomic mass is 10.1. The van der Waals surface area contributed by atoms with E-state index >= 15 is 0 Å². The van der Waals surface area contributed by atoms with E-state index in [1.807, 2.05) is 19.1 Å². The monoisotopic (exact) mass is 242 g/mol. The van der Waals surface area contributed by atoms with E-state index in [9.17, 15) is 0 Å². The Morgan fingerprint density at radius 2 is 2.12 bits per heavy atom. The third-order valence-corrected chi connectivity index (χ3v) is 2.86. The zero-order chi connectivity index (χ0) is 12.0. The van der Waals surface area contributed by atoms with E-state index in [0.717, 1.165) is 41.4 Å². The van der Waals surface area contributed by atoms with Crippen LogP contribution in [-0.2, 0) is 6.42 Å². The van der Waals surface area contributed by atoms with Crippen LogP contribution in [0.4, 0.5) is 0 Å². The molecular formula is C12H19ClN2O. The van der Waals surface area contributed by atoms with Crippen molar-refractivity contribution in [3.8, 4) is 5.75 Å². The van der Waals surface area contributed by atoms with Crippen LogP contribution >= 0.6 is 11.6 Å². The lowest BCUT2D eigenvalue weighted by molar-refractivity contribution is 0.409. The largest absolute Gasteiger partial charge is 0.496 e. The minimum Gasteiger partial charge on any atom is -0.496 e. The van der Waals surface area contributed by atoms with E-state index in [0.29, 0.717) is 6.54 Å². The summed E-state index contributed by atoms with van der Waals surface area (Å²) in [6.07, 6.45) is 0.892. The highest BCUT2D eigenvalue weighted by Crippen LogP contribution is 2.26. The minimum atomic E-state index is 0.659. The highest BCUT2D eigenvalue weighted by atomic mass is 35.5. The van der Waals surface area contributed by atoms with Crippen LogP contribution in [0.5, 0.6) is 5.75 Å². The van der Waals surface area contributed by atoms with Gasteiger partial charge in [-0.1, -0.05) is 11.6 Å². The van der Waals surface area contributed by atoms with E-state index in [1.54, 1.807) is 7.11 Å². The van der Waals surface area contributed by atoms with Crippen molar-refractivity contribution in [2.45, 2.75) is 13.3 Å². The van der Waals surface area contributed by atoms with Crippen LogP contribution in [0.25, 0.3) is 0 Å². The highest BCUT2D eigenvalue weighted by Gasteiger charge is 2.06. The molecule has 0 fully saturated rings. The van der Waals surface area contributed by atoms with Crippen LogP contribution in [-0.4, -0.2) is 26.7 Å². The van der Waals surface area contributed by atoms with Crippen molar-refractivity contribution in [3.05, 3.63) is 28.3 Å². The fourth-order valence-corrected chi connectivity index (χ4v) is 1.72. The maximum absolute atomic E-state index is 6.09. The molecule has 3 N–H and O–H groups in total. The molecule has 90 valence electrons. The molecule has 0 aliphatic heterocycles. The number of halogens is 1. The van der Waals surface area contributed by atoms with Crippen LogP contribution in [0.2, 0.25) is 5.02 Å². The molecule has 0 aliphatic carbocycles. The van der Waals surface area contributed by atoms with Gasteiger partial charge in [0.1, 0.15) is 5.75 Å². The van der Waals surface area contributed by atoms with Gasteiger partial charge in [0, 0.05) is 18.1 Å². The van der Waals surface area contributed by atoms with Crippen LogP contribution < -0.4 is 15.8 Å². The Balaban J connectivity index is 2.66. The molecule has 0 aliphatic rings. The topological polar surface area (TPSA) is 47.3 Å². The minimum absolute atomic E-state index is 0.659. The standard InChI is InChI=1S/C12H19ClN2O/c1-9-7-12(16-2)10(8-11(9)13)3-5-15-6-4-14/h7-8,15H,3-6,14H2,1-2H3. The first kappa shape index (κ1) is 13.3. The first-order chi connectivity index (χ1) is 7.69. The third kappa shape index (κ3) is 3.67. The van der Waals surface area contributed by atoms with Gasteiger partial charge < -0.3 is 15.8 Å². The normalized spacial score (nSPS) is 10.5. The number of nitrogens with one attached hydrogen (secondary N) is 1. The molecule has 0 amide bonds. The predicted molar refractivity (Wildman–Crippen MR) is 68.4 cm³/mol. The number of methoxy groups -OCH3 is 1. The summed E-state index contributed by atoms with van der Waals surface area (Å²) >= 11 is 6.09. The second-order valence-electron chi connectivity index (χ2n) is 3.70. The van der Waals surface area contributed by atoms with Gasteiger partial charge >= 0.3 is 0 Å². The molecule has 0 atom stereocenters. The van der Waals surface area contributed by atoms with Crippen molar-refractivity contribution in [3.63, 3.8) is 0 Å². The van der Waals surface area contributed by atoms with Gasteiger partial charge in [0.05, 0.1) is 7.11 Å². The van der Waals surface area contributed by atoms with Gasteiger partial charge in [-0.25, -0.2) is 0 Å². The number of nitrogens with two attached hydrogens (primary N) is 1. The van der Waals surface area contributed by atoms with E-state index in [1.165, 1.54) is 0 Å². The Morgan fingerprint density at radius 1 is 1.38 bits per heavy atom. The van der Waals surface area contributed by atoms with Gasteiger partial charge in [-0.2, -0.15) is 0 Å². The Morgan fingerprint density at radius 3 is 2.75 bits per heavy atom. The van der Waals surface area contributed by atoms with Crippen molar-refractivity contribution in [2.24, 2.45) is 5.73 Å². The maximum atomic E-state index is 6.09. The van der Waals surface area contributed by atoms with Gasteiger partial charge in [0.25, 0.3) is 0 Å². The number of hydrogen-bond acceptors (Lipinski definition) is 3. The summed E-state index contributed by atoms with van der Waals surface area (Å²) in [5.41, 5.74) is 7.57. The second-order valence-corrected chi connectivity index (χ2v) is 4.11. The molecule has 0 bridgehead atoms. The fraction of sp³-hybridized carbons (Fsp3) is 0.500. The molecule has 0 saturated heterocycles. The van der Waals surface area contributed by atoms with Crippen molar-refractivity contribution in [1.82, 2.24) is 5.32 Å². The molecule has 1 rings (SSSR count). The van der Waals surface area contributed by atoms with E-state index in [4.69, 9.17) is 22.1 Å². The molecule has 4 heteroatoms. The Bertz CT molecular complexity index is 342. The molecule has 0 aromatic heterocycles. The highest BCUT2D eigenvalue weighted by molar-refractivity contribution is 6.31. The SMILES string of the molecule is COc1cc(C)c(Cl)cc1CCNCCN. The van der Waals surface area contributed by atoms with Crippen LogP contribution in [0.1, 0.15) is 11.1 Å². The Hall–Kier alpha value is -0.770. The average molecular weight is 243 g/mol. The Kier molecular flexibility index (Phi) is 5.60. The molecule has 1 aromatic carbocycles. The van der Waals surface area contributed by atoms with E-state index in [2.05, 4.69) is 5.32 Å². The first-order valence-electron chi connectivity index (χ1n) is 5.42. The zero-order valence-corrected chi connectivity index (χ0v) is 10.6. The lowest BCUT2D eigenvalue weighted by Gasteiger charge is -2.11. The maximum Gasteiger partial charge on any atom is 0.122 e. The zero-order valence-electron chi connectivity index (χ0n) is 9.85. The molecule has 0 saturated carbocycles. The molecular weight excluding hydrogens is 224 g/mol. The number of hydrogen-bond donors (Lipinski definition) is 2. The molecule has 16 heavy (non-hydrogen) atoms. The summed E-state index contributed by atoms with van der Waals surface area (Å²) in [5, 5.41) is 4.03. The van der Waals surface area contributed by atoms with Crippen molar-refractivity contribution >= 4 is 11.6 Å². The number of rotatable bonds is 6. The van der Waals surface area contributed by atoms with Crippen molar-refractivity contribution < 1.29 is 4.74 Å². The molecule has 3 nitrogen and oxygen atoms in total. The van der Waals surface area contributed by atoms with Gasteiger partial charge in [-0.05, 0) is 43.1 Å². The molecule has 0 radical (unpaired) electrons. The second kappa shape index (κ2) is 6.74. The van der Waals surface area contributed by atoms with Crippen LogP contribution in [0, 0.1) is 6.92 Å². The van der Waals surface area contributed by atoms with Gasteiger partial charge in [0.15, 0.2) is 0 Å². The van der Waals surface area contributed by atoms with Gasteiger partial charge in [0.2, 0.25) is 0 Å². The molecule has 0 spiro atoms. The van der Waals surface area contributed by atoms with E-state index < -0.39 is 0 Å². The summed E-state index contributed by atoms with van der Waals surface area (Å²) in [6, 6.07) is 3.94. The smallest absolute Gasteiger partial charge is 0.122 e. The van der Waals surface area contributed by atoms with Gasteiger partial charge in [-0.3, -0.25) is 0 Å². The first-order valence-corrected chi connectivity index (χ1v) is 5.80. The summed E-state index contributed by atoms with van der Waals surface area (Å²) in [5.74, 6) is 0.899. The van der Waals surface area contributed by atoms with Crippen LogP contribution in [0.3, 0.4) is 0 Å². The summed E-state index contributed by atoms with van der Waals surface area (Å²) in [6.45, 7) is 4.35. The number of aryl methyl sites for hydroxylation is 1. The molecule has 0 unspecified atom stereocenters. The Labute approximate surface area is 102 Å². The quantitative estimate of drug-likeness (QED) is 0.748. The molecule has 0 heterocycles. The number of benzene rings is 1. The molecule has 1 aromatic rings. The lowest BCUT2D eigenvalue weighted by Crippen LogP contribution is -2.24. The van der Waals surface area contributed by atoms with Crippen LogP contribution in [0.15, 0.2) is 12.1 Å². The average Bonchev–Trinajstić information content (AvgIpc) is 2.28. The summed E-state index contributed by atoms with van der Waals surface area (Å²) < 4.78 is 5.33. The third-order valence-electron chi connectivity index (χ3n) is 2.45. The fourth-order valence-electron chi connectivity index (χ4n) is 1.53. The van der Waals surface area contributed by atoms with E-state index in [-0.39, 0.29) is 0 Å².